The van der Waals surface area contributed by atoms with E-state index < -0.39 is 17.6 Å². The van der Waals surface area contributed by atoms with E-state index >= 15 is 0 Å². The Morgan fingerprint density at radius 1 is 0.900 bits per heavy atom. The van der Waals surface area contributed by atoms with Gasteiger partial charge in [0.25, 0.3) is 5.91 Å². The number of benzene rings is 1. The number of rotatable bonds is 6. The Balaban J connectivity index is 1.16. The molecule has 6 rings (SSSR count). The summed E-state index contributed by atoms with van der Waals surface area (Å²) in [7, 11) is 0. The third kappa shape index (κ3) is 5.04. The van der Waals surface area contributed by atoms with Crippen LogP contribution in [0.3, 0.4) is 0 Å². The molecule has 1 unspecified atom stereocenters. The largest absolute Gasteiger partial charge is 0.416 e. The predicted molar refractivity (Wildman–Crippen MR) is 142 cm³/mol. The number of hydrogen-bond acceptors (Lipinski definition) is 5. The van der Waals surface area contributed by atoms with E-state index in [1.807, 2.05) is 4.68 Å². The van der Waals surface area contributed by atoms with E-state index in [0.29, 0.717) is 24.1 Å². The number of amides is 2. The first-order valence-corrected chi connectivity index (χ1v) is 13.7. The standard InChI is InChI=1S/C29H31F3N6O2/c30-29(31,32)24-4-2-1-3-22(24)20-9-12-37(17-20)28(40)23-16-35-38(26(23)18-5-6-18)21-10-13-36(14-11-21)25-8-7-19(15-34-25)27(33)39/h1-4,7-8,15-16,18,20-21H,5-6,9-14,17H2,(H2,33,39). The highest BCUT2D eigenvalue weighted by Gasteiger charge is 2.40. The fourth-order valence-electron chi connectivity index (χ4n) is 6.13. The molecule has 1 aromatic carbocycles. The number of pyridine rings is 1. The molecule has 40 heavy (non-hydrogen) atoms. The number of nitrogens with two attached hydrogens (primary N) is 1. The molecule has 3 fully saturated rings. The van der Waals surface area contributed by atoms with Gasteiger partial charge in [-0.05, 0) is 55.9 Å². The fourth-order valence-corrected chi connectivity index (χ4v) is 6.13. The summed E-state index contributed by atoms with van der Waals surface area (Å²) in [6.45, 7) is 2.20. The molecule has 11 heteroatoms. The number of likely N-dealkylation sites (tertiary alicyclic amines) is 1. The van der Waals surface area contributed by atoms with Crippen LogP contribution in [-0.4, -0.2) is 57.7 Å². The van der Waals surface area contributed by atoms with Crippen molar-refractivity contribution in [2.45, 2.75) is 56.2 Å². The van der Waals surface area contributed by atoms with E-state index in [9.17, 15) is 22.8 Å². The normalized spacial score (nSPS) is 20.2. The van der Waals surface area contributed by atoms with Crippen LogP contribution in [0, 0.1) is 0 Å². The van der Waals surface area contributed by atoms with Gasteiger partial charge in [-0.15, -0.1) is 0 Å². The van der Waals surface area contributed by atoms with Crippen LogP contribution in [0.2, 0.25) is 0 Å². The summed E-state index contributed by atoms with van der Waals surface area (Å²) < 4.78 is 42.8. The lowest BCUT2D eigenvalue weighted by Crippen LogP contribution is -2.36. The van der Waals surface area contributed by atoms with Crippen LogP contribution in [0.1, 0.15) is 87.5 Å². The first kappa shape index (κ1) is 26.3. The monoisotopic (exact) mass is 552 g/mol. The zero-order valence-electron chi connectivity index (χ0n) is 22.0. The summed E-state index contributed by atoms with van der Waals surface area (Å²) in [4.78, 5) is 33.2. The van der Waals surface area contributed by atoms with Crippen LogP contribution in [-0.2, 0) is 6.18 Å². The van der Waals surface area contributed by atoms with E-state index in [0.717, 1.165) is 56.4 Å². The predicted octanol–water partition coefficient (Wildman–Crippen LogP) is 4.74. The third-order valence-corrected chi connectivity index (χ3v) is 8.38. The van der Waals surface area contributed by atoms with E-state index in [4.69, 9.17) is 5.73 Å². The van der Waals surface area contributed by atoms with Crippen molar-refractivity contribution in [3.8, 4) is 0 Å². The van der Waals surface area contributed by atoms with Gasteiger partial charge in [0.05, 0.1) is 34.6 Å². The lowest BCUT2D eigenvalue weighted by Gasteiger charge is -2.33. The van der Waals surface area contributed by atoms with Gasteiger partial charge in [0.1, 0.15) is 5.82 Å². The average Bonchev–Trinajstić information content (AvgIpc) is 3.50. The van der Waals surface area contributed by atoms with Crippen molar-refractivity contribution in [2.24, 2.45) is 5.73 Å². The molecular weight excluding hydrogens is 521 g/mol. The molecule has 2 aromatic heterocycles. The minimum Gasteiger partial charge on any atom is -0.366 e. The number of carbonyl (C=O) groups excluding carboxylic acids is 2. The number of nitrogens with zero attached hydrogens (tertiary/aromatic N) is 5. The van der Waals surface area contributed by atoms with Gasteiger partial charge in [0.15, 0.2) is 0 Å². The maximum Gasteiger partial charge on any atom is 0.416 e. The summed E-state index contributed by atoms with van der Waals surface area (Å²) in [5.41, 5.74) is 6.87. The van der Waals surface area contributed by atoms with Crippen LogP contribution in [0.5, 0.6) is 0 Å². The molecule has 1 atom stereocenters. The fraction of sp³-hybridized carbons (Fsp3) is 0.448. The molecule has 0 spiro atoms. The van der Waals surface area contributed by atoms with Gasteiger partial charge in [0, 0.05) is 44.2 Å². The number of alkyl halides is 3. The molecule has 2 saturated heterocycles. The summed E-state index contributed by atoms with van der Waals surface area (Å²) in [5, 5.41) is 4.68. The molecule has 3 aromatic rings. The van der Waals surface area contributed by atoms with Gasteiger partial charge in [-0.2, -0.15) is 18.3 Å². The topological polar surface area (TPSA) is 97.3 Å². The Kier molecular flexibility index (Phi) is 6.75. The van der Waals surface area contributed by atoms with E-state index in [1.54, 1.807) is 29.3 Å². The summed E-state index contributed by atoms with van der Waals surface area (Å²) in [6, 6.07) is 9.30. The molecule has 2 aliphatic heterocycles. The summed E-state index contributed by atoms with van der Waals surface area (Å²) >= 11 is 0. The Morgan fingerprint density at radius 3 is 2.30 bits per heavy atom. The average molecular weight is 553 g/mol. The number of primary amides is 1. The summed E-state index contributed by atoms with van der Waals surface area (Å²) in [5.74, 6) is 0.0715. The third-order valence-electron chi connectivity index (χ3n) is 8.38. The lowest BCUT2D eigenvalue weighted by molar-refractivity contribution is -0.138. The maximum absolute atomic E-state index is 13.7. The molecule has 1 saturated carbocycles. The van der Waals surface area contributed by atoms with Crippen molar-refractivity contribution in [3.05, 3.63) is 76.7 Å². The minimum absolute atomic E-state index is 0.142. The van der Waals surface area contributed by atoms with Gasteiger partial charge >= 0.3 is 6.18 Å². The smallest absolute Gasteiger partial charge is 0.366 e. The van der Waals surface area contributed by atoms with E-state index in [1.165, 1.54) is 18.3 Å². The lowest BCUT2D eigenvalue weighted by atomic mass is 9.93. The number of hydrogen-bond donors (Lipinski definition) is 1. The molecule has 1 aliphatic carbocycles. The quantitative estimate of drug-likeness (QED) is 0.476. The molecule has 0 bridgehead atoms. The number of anilines is 1. The highest BCUT2D eigenvalue weighted by atomic mass is 19.4. The first-order valence-electron chi connectivity index (χ1n) is 13.7. The number of piperidine rings is 1. The van der Waals surface area contributed by atoms with Crippen LogP contribution in [0.4, 0.5) is 19.0 Å². The van der Waals surface area contributed by atoms with Gasteiger partial charge in [0.2, 0.25) is 5.91 Å². The molecule has 8 nitrogen and oxygen atoms in total. The van der Waals surface area contributed by atoms with Crippen LogP contribution < -0.4 is 10.6 Å². The second-order valence-corrected chi connectivity index (χ2v) is 11.0. The highest BCUT2D eigenvalue weighted by Crippen LogP contribution is 2.44. The minimum atomic E-state index is -4.42. The van der Waals surface area contributed by atoms with Gasteiger partial charge in [-0.1, -0.05) is 18.2 Å². The van der Waals surface area contributed by atoms with Crippen LogP contribution >= 0.6 is 0 Å². The molecule has 3 aliphatic rings. The van der Waals surface area contributed by atoms with Crippen molar-refractivity contribution in [3.63, 3.8) is 0 Å². The van der Waals surface area contributed by atoms with Crippen molar-refractivity contribution in [1.82, 2.24) is 19.7 Å². The molecule has 2 amide bonds. The van der Waals surface area contributed by atoms with Gasteiger partial charge in [-0.25, -0.2) is 4.98 Å². The highest BCUT2D eigenvalue weighted by molar-refractivity contribution is 5.95. The SMILES string of the molecule is NC(=O)c1ccc(N2CCC(n3ncc(C(=O)N4CCC(c5ccccc5C(F)(F)F)C4)c3C3CC3)CC2)nc1. The zero-order valence-corrected chi connectivity index (χ0v) is 22.0. The van der Waals surface area contributed by atoms with Crippen LogP contribution in [0.15, 0.2) is 48.8 Å². The second kappa shape index (κ2) is 10.3. The van der Waals surface area contributed by atoms with E-state index in [-0.39, 0.29) is 35.9 Å². The molecule has 210 valence electrons. The van der Waals surface area contributed by atoms with Crippen molar-refractivity contribution >= 4 is 17.6 Å². The zero-order chi connectivity index (χ0) is 28.0. The molecular formula is C29H31F3N6O2. The van der Waals surface area contributed by atoms with Crippen molar-refractivity contribution in [1.29, 1.82) is 0 Å². The summed E-state index contributed by atoms with van der Waals surface area (Å²) in [6.07, 6.45) is 2.88. The Hall–Kier alpha value is -3.89. The maximum atomic E-state index is 13.7. The van der Waals surface area contributed by atoms with Gasteiger partial charge < -0.3 is 15.5 Å². The number of halogens is 3. The Morgan fingerprint density at radius 2 is 1.65 bits per heavy atom. The molecule has 4 heterocycles. The van der Waals surface area contributed by atoms with Gasteiger partial charge in [-0.3, -0.25) is 14.3 Å². The molecule has 2 N–H and O–H groups in total. The van der Waals surface area contributed by atoms with E-state index in [2.05, 4.69) is 15.0 Å². The molecule has 0 radical (unpaired) electrons. The Labute approximate surface area is 230 Å². The number of carbonyl (C=O) groups is 2. The second-order valence-electron chi connectivity index (χ2n) is 11.0. The Bertz CT molecular complexity index is 1410. The van der Waals surface area contributed by atoms with Crippen molar-refractivity contribution < 1.29 is 22.8 Å². The first-order chi connectivity index (χ1) is 19.2. The van der Waals surface area contributed by atoms with Crippen LogP contribution in [0.25, 0.3) is 0 Å². The number of aromatic nitrogens is 3. The van der Waals surface area contributed by atoms with Crippen molar-refractivity contribution in [2.75, 3.05) is 31.1 Å².